The predicted molar refractivity (Wildman–Crippen MR) is 118 cm³/mol. The van der Waals surface area contributed by atoms with Gasteiger partial charge in [-0.2, -0.15) is 0 Å². The molecule has 3 aliphatic carbocycles. The van der Waals surface area contributed by atoms with Crippen molar-refractivity contribution in [2.24, 2.45) is 40.9 Å². The largest absolute Gasteiger partial charge is 0.289 e. The van der Waals surface area contributed by atoms with Crippen LogP contribution >= 0.6 is 10.0 Å². The summed E-state index contributed by atoms with van der Waals surface area (Å²) in [5, 5.41) is 0. The van der Waals surface area contributed by atoms with Crippen LogP contribution in [0.15, 0.2) is 0 Å². The number of hydrogen-bond acceptors (Lipinski definition) is 1. The van der Waals surface area contributed by atoms with Crippen molar-refractivity contribution in [3.63, 3.8) is 0 Å². The van der Waals surface area contributed by atoms with Gasteiger partial charge in [0.25, 0.3) is 0 Å². The number of likely N-dealkylation sites (tertiary alicyclic amines) is 1. The van der Waals surface area contributed by atoms with Crippen LogP contribution in [-0.2, 0) is 0 Å². The Kier molecular flexibility index (Phi) is 5.04. The Hall–Kier alpha value is 0.310. The molecule has 0 bridgehead atoms. The summed E-state index contributed by atoms with van der Waals surface area (Å²) in [5.41, 5.74) is 0.499. The molecule has 1 aliphatic heterocycles. The smallest absolute Gasteiger partial charge is 0.0289 e. The first-order valence-electron chi connectivity index (χ1n) is 11.5. The zero-order valence-corrected chi connectivity index (χ0v) is 19.4. The van der Waals surface area contributed by atoms with E-state index < -0.39 is 10.0 Å². The molecule has 3 saturated carbocycles. The van der Waals surface area contributed by atoms with E-state index in [4.69, 9.17) is 0 Å². The average molecular weight is 380 g/mol. The third kappa shape index (κ3) is 3.30. The molecule has 2 heteroatoms. The minimum atomic E-state index is -0.469. The Bertz CT molecular complexity index is 515. The molecule has 152 valence electrons. The van der Waals surface area contributed by atoms with Crippen LogP contribution in [0.5, 0.6) is 0 Å². The van der Waals surface area contributed by atoms with Crippen molar-refractivity contribution in [3.8, 4) is 0 Å². The summed E-state index contributed by atoms with van der Waals surface area (Å²) >= 11 is 0. The van der Waals surface area contributed by atoms with Gasteiger partial charge < -0.3 is 0 Å². The molecule has 0 spiro atoms. The molecule has 4 aliphatic rings. The van der Waals surface area contributed by atoms with Crippen molar-refractivity contribution < 1.29 is 0 Å². The Morgan fingerprint density at radius 3 is 2.15 bits per heavy atom. The summed E-state index contributed by atoms with van der Waals surface area (Å²) in [6, 6.07) is 1.84. The van der Waals surface area contributed by atoms with Gasteiger partial charge in [0, 0.05) is 18.0 Å². The Morgan fingerprint density at radius 2 is 1.54 bits per heavy atom. The molecular weight excluding hydrogens is 334 g/mol. The standard InChI is InChI=1S/C24H45NS/c1-16-18-10-8-9-11-19(18)22-20-14-17(24(2,3)4)12-13-21(20)25(23(16)22)15-26(5,6)7/h16-23H,8-15H2,1-7H3. The quantitative estimate of drug-likeness (QED) is 0.550. The number of hydrogen-bond donors (Lipinski definition) is 0. The molecule has 1 nitrogen and oxygen atoms in total. The van der Waals surface area contributed by atoms with Gasteiger partial charge >= 0.3 is 0 Å². The van der Waals surface area contributed by atoms with Gasteiger partial charge in [-0.25, -0.2) is 10.0 Å². The second-order valence-corrected chi connectivity index (χ2v) is 16.8. The maximum atomic E-state index is 3.12. The van der Waals surface area contributed by atoms with Crippen molar-refractivity contribution in [3.05, 3.63) is 0 Å². The van der Waals surface area contributed by atoms with Gasteiger partial charge in [0.1, 0.15) is 0 Å². The molecule has 0 radical (unpaired) electrons. The van der Waals surface area contributed by atoms with Crippen molar-refractivity contribution in [2.75, 3.05) is 24.6 Å². The number of nitrogens with zero attached hydrogens (tertiary/aromatic N) is 1. The van der Waals surface area contributed by atoms with Gasteiger partial charge in [-0.15, -0.1) is 0 Å². The Labute approximate surface area is 165 Å². The Morgan fingerprint density at radius 1 is 0.885 bits per heavy atom. The third-order valence-corrected chi connectivity index (χ3v) is 9.98. The molecular formula is C24H45NS. The fourth-order valence-electron chi connectivity index (χ4n) is 7.92. The van der Waals surface area contributed by atoms with Crippen LogP contribution in [0, 0.1) is 40.9 Å². The third-order valence-electron chi connectivity index (χ3n) is 8.90. The van der Waals surface area contributed by atoms with Crippen LogP contribution in [0.3, 0.4) is 0 Å². The highest BCUT2D eigenvalue weighted by atomic mass is 32.3. The SMILES string of the molecule is CC1C2CCCCC2C2C3CC(C(C)(C)C)CCC3N(CS(C)(C)C)C12. The minimum Gasteiger partial charge on any atom is -0.289 e. The summed E-state index contributed by atoms with van der Waals surface area (Å²) < 4.78 is 0. The van der Waals surface area contributed by atoms with Gasteiger partial charge in [0.2, 0.25) is 0 Å². The topological polar surface area (TPSA) is 3.24 Å². The lowest BCUT2D eigenvalue weighted by Gasteiger charge is -2.46. The maximum absolute atomic E-state index is 3.12. The molecule has 0 N–H and O–H groups in total. The highest BCUT2D eigenvalue weighted by molar-refractivity contribution is 8.32. The molecule has 0 aromatic heterocycles. The van der Waals surface area contributed by atoms with E-state index in [2.05, 4.69) is 51.4 Å². The zero-order valence-electron chi connectivity index (χ0n) is 18.6. The van der Waals surface area contributed by atoms with E-state index >= 15 is 0 Å². The molecule has 4 fully saturated rings. The normalized spacial score (nSPS) is 47.3. The van der Waals surface area contributed by atoms with Crippen molar-refractivity contribution >= 4 is 10.0 Å². The lowest BCUT2D eigenvalue weighted by atomic mass is 9.63. The van der Waals surface area contributed by atoms with Gasteiger partial charge in [-0.1, -0.05) is 40.5 Å². The fraction of sp³-hybridized carbons (Fsp3) is 1.00. The van der Waals surface area contributed by atoms with E-state index in [1.54, 1.807) is 6.42 Å². The maximum Gasteiger partial charge on any atom is 0.0289 e. The Balaban J connectivity index is 1.66. The molecule has 4 rings (SSSR count). The zero-order chi connectivity index (χ0) is 18.9. The summed E-state index contributed by atoms with van der Waals surface area (Å²) in [6.45, 7) is 10.2. The summed E-state index contributed by atoms with van der Waals surface area (Å²) in [5.74, 6) is 7.46. The van der Waals surface area contributed by atoms with Crippen LogP contribution in [0.4, 0.5) is 0 Å². The number of fused-ring (bicyclic) bond motifs is 5. The van der Waals surface area contributed by atoms with Crippen molar-refractivity contribution in [1.82, 2.24) is 4.90 Å². The molecule has 0 aromatic carbocycles. The van der Waals surface area contributed by atoms with Crippen molar-refractivity contribution in [1.29, 1.82) is 0 Å². The minimum absolute atomic E-state index is 0.469. The second-order valence-electron chi connectivity index (χ2n) is 12.4. The first-order chi connectivity index (χ1) is 12.1. The van der Waals surface area contributed by atoms with Crippen LogP contribution in [0.25, 0.3) is 0 Å². The van der Waals surface area contributed by atoms with Crippen LogP contribution in [0.1, 0.15) is 72.6 Å². The van der Waals surface area contributed by atoms with Crippen LogP contribution in [0.2, 0.25) is 0 Å². The highest BCUT2D eigenvalue weighted by Gasteiger charge is 2.61. The first kappa shape index (κ1) is 19.6. The highest BCUT2D eigenvalue weighted by Crippen LogP contribution is 2.62. The van der Waals surface area contributed by atoms with E-state index in [1.807, 2.05) is 0 Å². The lowest BCUT2D eigenvalue weighted by molar-refractivity contribution is 0.0599. The summed E-state index contributed by atoms with van der Waals surface area (Å²) in [7, 11) is -0.469. The summed E-state index contributed by atoms with van der Waals surface area (Å²) in [6.07, 6.45) is 18.2. The fourth-order valence-corrected chi connectivity index (χ4v) is 9.18. The molecule has 1 saturated heterocycles. The molecule has 8 atom stereocenters. The van der Waals surface area contributed by atoms with E-state index in [0.717, 1.165) is 47.6 Å². The van der Waals surface area contributed by atoms with Gasteiger partial charge in [-0.3, -0.25) is 4.90 Å². The van der Waals surface area contributed by atoms with Gasteiger partial charge in [-0.05, 0) is 91.8 Å². The molecule has 26 heavy (non-hydrogen) atoms. The van der Waals surface area contributed by atoms with Crippen molar-refractivity contribution in [2.45, 2.75) is 84.7 Å². The summed E-state index contributed by atoms with van der Waals surface area (Å²) in [4.78, 5) is 3.12. The average Bonchev–Trinajstić information content (AvgIpc) is 3.00. The lowest BCUT2D eigenvalue weighted by Crippen LogP contribution is -2.45. The van der Waals surface area contributed by atoms with Gasteiger partial charge in [0.05, 0.1) is 0 Å². The molecule has 0 aromatic rings. The van der Waals surface area contributed by atoms with E-state index in [9.17, 15) is 0 Å². The second kappa shape index (κ2) is 6.68. The first-order valence-corrected chi connectivity index (χ1v) is 14.5. The predicted octanol–water partition coefficient (Wildman–Crippen LogP) is 6.23. The molecule has 1 heterocycles. The van der Waals surface area contributed by atoms with Gasteiger partial charge in [0.15, 0.2) is 0 Å². The monoisotopic (exact) mass is 379 g/mol. The van der Waals surface area contributed by atoms with Crippen LogP contribution < -0.4 is 0 Å². The van der Waals surface area contributed by atoms with E-state index in [1.165, 1.54) is 44.4 Å². The van der Waals surface area contributed by atoms with Crippen LogP contribution in [-0.4, -0.2) is 41.6 Å². The van der Waals surface area contributed by atoms with E-state index in [-0.39, 0.29) is 0 Å². The molecule has 8 unspecified atom stereocenters. The van der Waals surface area contributed by atoms with E-state index in [0.29, 0.717) is 5.41 Å². The number of rotatable bonds is 2. The molecule has 0 amide bonds.